The average molecular weight is 236 g/mol. The van der Waals surface area contributed by atoms with E-state index in [2.05, 4.69) is 4.79 Å². The number of thiol groups is 1. The summed E-state index contributed by atoms with van der Waals surface area (Å²) in [5.41, 5.74) is 9.53. The number of benzene rings is 1. The van der Waals surface area contributed by atoms with Crippen molar-refractivity contribution < 1.29 is 18.0 Å². The molecule has 2 rings (SSSR count). The van der Waals surface area contributed by atoms with E-state index in [1.54, 1.807) is 6.07 Å². The van der Waals surface area contributed by atoms with Gasteiger partial charge in [0.05, 0.1) is 11.3 Å². The van der Waals surface area contributed by atoms with Crippen molar-refractivity contribution in [2.45, 2.75) is 17.7 Å². The molecule has 0 bridgehead atoms. The average Bonchev–Trinajstić information content (AvgIpc) is 2.29. The van der Waals surface area contributed by atoms with Crippen molar-refractivity contribution in [2.75, 3.05) is 0 Å². The fourth-order valence-electron chi connectivity index (χ4n) is 1.83. The van der Waals surface area contributed by atoms with Gasteiger partial charge >= 0.3 is 5.71 Å². The number of rotatable bonds is 1. The highest BCUT2D eigenvalue weighted by molar-refractivity contribution is 7.72. The van der Waals surface area contributed by atoms with E-state index in [1.807, 2.05) is 0 Å². The molecule has 0 atom stereocenters. The molecule has 5 nitrogen and oxygen atoms in total. The Morgan fingerprint density at radius 2 is 2.00 bits per heavy atom. The summed E-state index contributed by atoms with van der Waals surface area (Å²) in [4.78, 5) is 14.8. The largest absolute Gasteiger partial charge is 0.361 e. The number of carbonyl (C=O) groups excluding carboxylic acids is 1. The van der Waals surface area contributed by atoms with E-state index in [1.165, 1.54) is 12.1 Å². The first-order chi connectivity index (χ1) is 7.65. The summed E-state index contributed by atoms with van der Waals surface area (Å²) in [7, 11) is -2.70. The third-order valence-electron chi connectivity index (χ3n) is 2.59. The van der Waals surface area contributed by atoms with E-state index in [0.29, 0.717) is 17.5 Å². The van der Waals surface area contributed by atoms with Crippen LogP contribution in [0.2, 0.25) is 0 Å². The van der Waals surface area contributed by atoms with Gasteiger partial charge < -0.3 is 5.53 Å². The smallest absolute Gasteiger partial charge is 0.339 e. The van der Waals surface area contributed by atoms with Gasteiger partial charge in [0.15, 0.2) is 10.7 Å². The summed E-state index contributed by atoms with van der Waals surface area (Å²) >= 11 is 0. The maximum atomic E-state index is 11.7. The van der Waals surface area contributed by atoms with E-state index in [-0.39, 0.29) is 17.0 Å². The van der Waals surface area contributed by atoms with E-state index in [0.717, 1.165) is 0 Å². The number of fused-ring (bicyclic) bond motifs is 1. The van der Waals surface area contributed by atoms with Crippen molar-refractivity contribution in [1.82, 2.24) is 0 Å². The molecular formula is C10H8N2O3S. The van der Waals surface area contributed by atoms with Crippen LogP contribution in [0.15, 0.2) is 23.1 Å². The standard InChI is InChI=1S/C10H8N2O3S/c11-12-8-5-4-6-7(10(8)13)2-1-3-9(6)16(14)15/h1-3,16H,4-5H2. The molecule has 1 aromatic rings. The Bertz CT molecular complexity index is 590. The van der Waals surface area contributed by atoms with E-state index >= 15 is 0 Å². The van der Waals surface area contributed by atoms with Crippen LogP contribution in [0.5, 0.6) is 0 Å². The minimum Gasteiger partial charge on any atom is -0.361 e. The lowest BCUT2D eigenvalue weighted by Crippen LogP contribution is -2.24. The molecule has 0 N–H and O–H groups in total. The van der Waals surface area contributed by atoms with Crippen LogP contribution >= 0.6 is 0 Å². The van der Waals surface area contributed by atoms with Gasteiger partial charge in [0, 0.05) is 5.56 Å². The predicted octanol–water partition coefficient (Wildman–Crippen LogP) is 0.457. The molecule has 82 valence electrons. The van der Waals surface area contributed by atoms with Crippen LogP contribution in [0, 0.1) is 0 Å². The Morgan fingerprint density at radius 3 is 2.62 bits per heavy atom. The molecule has 0 unspecified atom stereocenters. The second kappa shape index (κ2) is 4.00. The Balaban J connectivity index is 2.69. The normalized spacial score (nSPS) is 14.8. The van der Waals surface area contributed by atoms with Gasteiger partial charge in [-0.1, -0.05) is 12.1 Å². The molecule has 1 aliphatic carbocycles. The highest BCUT2D eigenvalue weighted by Crippen LogP contribution is 2.23. The summed E-state index contributed by atoms with van der Waals surface area (Å²) in [6.07, 6.45) is 0.669. The molecule has 0 fully saturated rings. The molecule has 0 aromatic heterocycles. The lowest BCUT2D eigenvalue weighted by Gasteiger charge is -2.12. The molecule has 1 aromatic carbocycles. The zero-order valence-corrected chi connectivity index (χ0v) is 9.11. The fraction of sp³-hybridized carbons (Fsp3) is 0.200. The third-order valence-corrected chi connectivity index (χ3v) is 3.40. The highest BCUT2D eigenvalue weighted by Gasteiger charge is 2.31. The summed E-state index contributed by atoms with van der Waals surface area (Å²) in [6.45, 7) is 0. The van der Waals surface area contributed by atoms with Crippen molar-refractivity contribution in [3.8, 4) is 0 Å². The van der Waals surface area contributed by atoms with Gasteiger partial charge in [-0.05, 0) is 18.1 Å². The summed E-state index contributed by atoms with van der Waals surface area (Å²) in [5, 5.41) is 0. The molecular weight excluding hydrogens is 228 g/mol. The quantitative estimate of drug-likeness (QED) is 0.436. The van der Waals surface area contributed by atoms with Crippen LogP contribution < -0.4 is 0 Å². The first-order valence-electron chi connectivity index (χ1n) is 4.67. The maximum absolute atomic E-state index is 11.7. The summed E-state index contributed by atoms with van der Waals surface area (Å²) in [6, 6.07) is 4.53. The van der Waals surface area contributed by atoms with E-state index in [4.69, 9.17) is 5.53 Å². The van der Waals surface area contributed by atoms with Crippen LogP contribution in [0.4, 0.5) is 0 Å². The molecule has 6 heteroatoms. The van der Waals surface area contributed by atoms with Gasteiger partial charge in [0.2, 0.25) is 0 Å². The fourth-order valence-corrected chi connectivity index (χ4v) is 2.49. The zero-order chi connectivity index (χ0) is 11.7. The molecule has 0 spiro atoms. The van der Waals surface area contributed by atoms with Gasteiger partial charge in [0.1, 0.15) is 0 Å². The van der Waals surface area contributed by atoms with Crippen molar-refractivity contribution in [3.05, 3.63) is 34.9 Å². The Hall–Kier alpha value is -1.78. The number of hydrogen-bond acceptors (Lipinski definition) is 3. The Morgan fingerprint density at radius 1 is 1.25 bits per heavy atom. The van der Waals surface area contributed by atoms with Crippen molar-refractivity contribution in [3.63, 3.8) is 0 Å². The number of ketones is 1. The zero-order valence-electron chi connectivity index (χ0n) is 8.21. The van der Waals surface area contributed by atoms with Crippen molar-refractivity contribution in [2.24, 2.45) is 0 Å². The second-order valence-corrected chi connectivity index (χ2v) is 4.43. The number of nitrogens with zero attached hydrogens (tertiary/aromatic N) is 2. The van der Waals surface area contributed by atoms with Gasteiger partial charge in [-0.15, -0.1) is 0 Å². The number of hydrogen-bond donors (Lipinski definition) is 1. The van der Waals surface area contributed by atoms with Crippen LogP contribution in [0.3, 0.4) is 0 Å². The second-order valence-electron chi connectivity index (χ2n) is 3.44. The number of carbonyl (C=O) groups is 1. The third kappa shape index (κ3) is 1.58. The molecule has 0 aliphatic heterocycles. The first-order valence-corrected chi connectivity index (χ1v) is 5.85. The molecule has 0 heterocycles. The van der Waals surface area contributed by atoms with Crippen molar-refractivity contribution in [1.29, 1.82) is 0 Å². The Kier molecular flexibility index (Phi) is 2.68. The van der Waals surface area contributed by atoms with Crippen LogP contribution in [0.25, 0.3) is 5.53 Å². The summed E-state index contributed by atoms with van der Waals surface area (Å²) in [5.74, 6) is -0.401. The van der Waals surface area contributed by atoms with Gasteiger partial charge in [-0.25, -0.2) is 8.42 Å². The predicted molar refractivity (Wildman–Crippen MR) is 56.3 cm³/mol. The lowest BCUT2D eigenvalue weighted by atomic mass is 9.89. The SMILES string of the molecule is [N-]=[N+]=C1CCc2c(cccc2[SH](=O)=O)C1=O. The lowest BCUT2D eigenvalue weighted by molar-refractivity contribution is -0.00947. The molecule has 16 heavy (non-hydrogen) atoms. The van der Waals surface area contributed by atoms with Crippen molar-refractivity contribution >= 4 is 22.2 Å². The number of Topliss-reactive ketones (excluding diaryl/α,β-unsaturated/α-hetero) is 1. The minimum absolute atomic E-state index is 0.0748. The van der Waals surface area contributed by atoms with E-state index in [9.17, 15) is 13.2 Å². The molecule has 0 saturated heterocycles. The minimum atomic E-state index is -2.70. The van der Waals surface area contributed by atoms with Gasteiger partial charge in [-0.2, -0.15) is 4.79 Å². The van der Waals surface area contributed by atoms with Crippen LogP contribution in [-0.2, 0) is 17.1 Å². The molecule has 1 aliphatic rings. The topological polar surface area (TPSA) is 87.6 Å². The first kappa shape index (κ1) is 10.7. The van der Waals surface area contributed by atoms with Gasteiger partial charge in [0.25, 0.3) is 5.78 Å². The Labute approximate surface area is 93.3 Å². The maximum Gasteiger partial charge on any atom is 0.339 e. The van der Waals surface area contributed by atoms with Gasteiger partial charge in [-0.3, -0.25) is 4.79 Å². The molecule has 0 saturated carbocycles. The molecule has 0 radical (unpaired) electrons. The summed E-state index contributed by atoms with van der Waals surface area (Å²) < 4.78 is 22.0. The highest BCUT2D eigenvalue weighted by atomic mass is 32.2. The monoisotopic (exact) mass is 236 g/mol. The van der Waals surface area contributed by atoms with E-state index < -0.39 is 16.5 Å². The van der Waals surface area contributed by atoms with Crippen LogP contribution in [-0.4, -0.2) is 24.7 Å². The molecule has 0 amide bonds. The van der Waals surface area contributed by atoms with Crippen LogP contribution in [0.1, 0.15) is 22.3 Å².